The number of benzene rings is 1. The van der Waals surface area contributed by atoms with Crippen molar-refractivity contribution in [3.05, 3.63) is 40.8 Å². The van der Waals surface area contributed by atoms with Crippen molar-refractivity contribution in [2.75, 3.05) is 6.26 Å². The van der Waals surface area contributed by atoms with Crippen LogP contribution in [0.4, 0.5) is 0 Å². The van der Waals surface area contributed by atoms with Crippen molar-refractivity contribution in [1.29, 1.82) is 0 Å². The van der Waals surface area contributed by atoms with E-state index in [2.05, 4.69) is 9.97 Å². The third-order valence-electron chi connectivity index (χ3n) is 2.13. The maximum Gasteiger partial charge on any atom is 0.242 e. The monoisotopic (exact) mass is 318 g/mol. The highest BCUT2D eigenvalue weighted by Gasteiger charge is 2.11. The van der Waals surface area contributed by atoms with Gasteiger partial charge >= 0.3 is 0 Å². The zero-order chi connectivity index (χ0) is 14.0. The first-order chi connectivity index (χ1) is 8.86. The molecule has 0 amide bonds. The summed E-state index contributed by atoms with van der Waals surface area (Å²) in [5, 5.41) is 0.160. The average Bonchev–Trinajstić information content (AvgIpc) is 2.33. The lowest BCUT2D eigenvalue weighted by molar-refractivity contribution is 0.460. The highest BCUT2D eigenvalue weighted by molar-refractivity contribution is 7.90. The maximum atomic E-state index is 11.4. The summed E-state index contributed by atoms with van der Waals surface area (Å²) < 4.78 is 28.3. The van der Waals surface area contributed by atoms with Crippen LogP contribution in [-0.2, 0) is 9.84 Å². The van der Waals surface area contributed by atoms with E-state index in [0.717, 1.165) is 6.26 Å². The van der Waals surface area contributed by atoms with Crippen LogP contribution < -0.4 is 4.74 Å². The predicted octanol–water partition coefficient (Wildman–Crippen LogP) is 2.98. The molecule has 2 aromatic rings. The Morgan fingerprint density at radius 2 is 2.00 bits per heavy atom. The second kappa shape index (κ2) is 5.32. The van der Waals surface area contributed by atoms with Crippen molar-refractivity contribution in [2.24, 2.45) is 0 Å². The summed E-state index contributed by atoms with van der Waals surface area (Å²) in [6, 6.07) is 5.99. The van der Waals surface area contributed by atoms with E-state index in [1.54, 1.807) is 12.1 Å². The van der Waals surface area contributed by atoms with Gasteiger partial charge in [0.25, 0.3) is 0 Å². The molecule has 19 heavy (non-hydrogen) atoms. The number of nitrogens with zero attached hydrogens (tertiary/aromatic N) is 2. The van der Waals surface area contributed by atoms with Crippen LogP contribution in [0.3, 0.4) is 0 Å². The molecule has 0 aliphatic rings. The van der Waals surface area contributed by atoms with Crippen molar-refractivity contribution >= 4 is 33.0 Å². The molecule has 0 saturated carbocycles. The van der Waals surface area contributed by atoms with E-state index < -0.39 is 9.84 Å². The Bertz CT molecular complexity index is 720. The lowest BCUT2D eigenvalue weighted by Crippen LogP contribution is -1.97. The molecule has 0 bridgehead atoms. The molecule has 0 aliphatic heterocycles. The number of sulfone groups is 1. The number of hydrogen-bond acceptors (Lipinski definition) is 5. The Hall–Kier alpha value is -1.37. The van der Waals surface area contributed by atoms with Gasteiger partial charge in [-0.15, -0.1) is 0 Å². The zero-order valence-corrected chi connectivity index (χ0v) is 12.0. The summed E-state index contributed by atoms with van der Waals surface area (Å²) in [5.41, 5.74) is 0. The first-order valence-corrected chi connectivity index (χ1v) is 7.67. The molecule has 1 aromatic carbocycles. The van der Waals surface area contributed by atoms with Crippen LogP contribution in [0.25, 0.3) is 0 Å². The topological polar surface area (TPSA) is 69.2 Å². The summed E-state index contributed by atoms with van der Waals surface area (Å²) in [6.07, 6.45) is 2.41. The van der Waals surface area contributed by atoms with Crippen molar-refractivity contribution in [1.82, 2.24) is 9.97 Å². The van der Waals surface area contributed by atoms with Gasteiger partial charge in [-0.3, -0.25) is 0 Å². The molecular weight excluding hydrogens is 311 g/mol. The van der Waals surface area contributed by atoms with Crippen LogP contribution in [0.2, 0.25) is 10.3 Å². The van der Waals surface area contributed by atoms with Gasteiger partial charge in [0.15, 0.2) is 9.84 Å². The van der Waals surface area contributed by atoms with Gasteiger partial charge in [-0.05, 0) is 29.8 Å². The molecule has 0 fully saturated rings. The van der Waals surface area contributed by atoms with Gasteiger partial charge in [0.2, 0.25) is 11.2 Å². The quantitative estimate of drug-likeness (QED) is 0.814. The smallest absolute Gasteiger partial charge is 0.242 e. The highest BCUT2D eigenvalue weighted by atomic mass is 35.5. The molecule has 1 heterocycles. The number of halogens is 2. The van der Waals surface area contributed by atoms with E-state index in [0.29, 0.717) is 5.75 Å². The molecule has 5 nitrogen and oxygen atoms in total. The summed E-state index contributed by atoms with van der Waals surface area (Å²) in [6.45, 7) is 0. The van der Waals surface area contributed by atoms with Gasteiger partial charge in [-0.2, -0.15) is 4.98 Å². The first-order valence-electron chi connectivity index (χ1n) is 5.02. The number of rotatable bonds is 3. The molecule has 0 unspecified atom stereocenters. The van der Waals surface area contributed by atoms with Crippen LogP contribution in [0.1, 0.15) is 0 Å². The number of aromatic nitrogens is 2. The fourth-order valence-corrected chi connectivity index (χ4v) is 2.19. The Morgan fingerprint density at radius 1 is 1.26 bits per heavy atom. The van der Waals surface area contributed by atoms with Crippen molar-refractivity contribution < 1.29 is 13.2 Å². The molecule has 0 N–H and O–H groups in total. The third-order valence-corrected chi connectivity index (χ3v) is 3.68. The second-order valence-corrected chi connectivity index (χ2v) is 6.40. The summed E-state index contributed by atoms with van der Waals surface area (Å²) in [4.78, 5) is 7.63. The largest absolute Gasteiger partial charge is 0.437 e. The fourth-order valence-electron chi connectivity index (χ4n) is 1.28. The number of ether oxygens (including phenoxy) is 1. The van der Waals surface area contributed by atoms with Gasteiger partial charge in [-0.25, -0.2) is 13.4 Å². The Morgan fingerprint density at radius 3 is 2.68 bits per heavy atom. The van der Waals surface area contributed by atoms with Crippen LogP contribution in [0.15, 0.2) is 35.4 Å². The Labute approximate surface area is 120 Å². The van der Waals surface area contributed by atoms with Gasteiger partial charge < -0.3 is 4.74 Å². The molecular formula is C11H8Cl2N2O3S. The van der Waals surface area contributed by atoms with Crippen LogP contribution in [0.5, 0.6) is 11.6 Å². The molecule has 100 valence electrons. The molecule has 0 radical (unpaired) electrons. The van der Waals surface area contributed by atoms with Crippen LogP contribution >= 0.6 is 23.2 Å². The standard InChI is InChI=1S/C11H8Cl2N2O3S/c1-19(16,17)8-4-2-3-7(5-8)18-10-9(12)6-14-11(13)15-10/h2-6H,1H3. The molecule has 0 saturated heterocycles. The molecule has 2 rings (SSSR count). The molecule has 0 aliphatic carbocycles. The first kappa shape index (κ1) is 14.0. The average molecular weight is 319 g/mol. The normalized spacial score (nSPS) is 11.3. The lowest BCUT2D eigenvalue weighted by atomic mass is 10.3. The summed E-state index contributed by atoms with van der Waals surface area (Å²) in [5.74, 6) is 0.354. The van der Waals surface area contributed by atoms with Gasteiger partial charge in [0, 0.05) is 6.26 Å². The fraction of sp³-hybridized carbons (Fsp3) is 0.0909. The van der Waals surface area contributed by atoms with Gasteiger partial charge in [0.05, 0.1) is 11.1 Å². The van der Waals surface area contributed by atoms with E-state index in [9.17, 15) is 8.42 Å². The highest BCUT2D eigenvalue weighted by Crippen LogP contribution is 2.28. The van der Waals surface area contributed by atoms with Crippen molar-refractivity contribution in [2.45, 2.75) is 4.90 Å². The molecule has 8 heteroatoms. The predicted molar refractivity (Wildman–Crippen MR) is 71.7 cm³/mol. The van der Waals surface area contributed by atoms with E-state index >= 15 is 0 Å². The second-order valence-electron chi connectivity index (χ2n) is 3.64. The zero-order valence-electron chi connectivity index (χ0n) is 9.67. The summed E-state index contributed by atoms with van der Waals surface area (Å²) in [7, 11) is -3.31. The molecule has 1 aromatic heterocycles. The minimum atomic E-state index is -3.31. The van der Waals surface area contributed by atoms with Crippen LogP contribution in [-0.4, -0.2) is 24.6 Å². The van der Waals surface area contributed by atoms with Crippen molar-refractivity contribution in [3.63, 3.8) is 0 Å². The van der Waals surface area contributed by atoms with E-state index in [-0.39, 0.29) is 21.1 Å². The Kier molecular flexibility index (Phi) is 3.93. The van der Waals surface area contributed by atoms with E-state index in [1.165, 1.54) is 18.3 Å². The Balaban J connectivity index is 2.36. The SMILES string of the molecule is CS(=O)(=O)c1cccc(Oc2nc(Cl)ncc2Cl)c1. The third kappa shape index (κ3) is 3.56. The van der Waals surface area contributed by atoms with E-state index in [1.807, 2.05) is 0 Å². The van der Waals surface area contributed by atoms with Crippen molar-refractivity contribution in [3.8, 4) is 11.6 Å². The maximum absolute atomic E-state index is 11.4. The minimum absolute atomic E-state index is 0.0151. The minimum Gasteiger partial charge on any atom is -0.437 e. The lowest BCUT2D eigenvalue weighted by Gasteiger charge is -2.07. The summed E-state index contributed by atoms with van der Waals surface area (Å²) >= 11 is 11.5. The number of hydrogen-bond donors (Lipinski definition) is 0. The molecule has 0 spiro atoms. The van der Waals surface area contributed by atoms with Gasteiger partial charge in [-0.1, -0.05) is 17.7 Å². The molecule has 0 atom stereocenters. The van der Waals surface area contributed by atoms with Gasteiger partial charge in [0.1, 0.15) is 10.8 Å². The van der Waals surface area contributed by atoms with Crippen LogP contribution in [0, 0.1) is 0 Å². The van der Waals surface area contributed by atoms with E-state index in [4.69, 9.17) is 27.9 Å².